The molecule has 30 heavy (non-hydrogen) atoms. The van der Waals surface area contributed by atoms with Gasteiger partial charge in [-0.1, -0.05) is 28.9 Å². The van der Waals surface area contributed by atoms with Crippen LogP contribution in [-0.4, -0.2) is 26.7 Å². The first kappa shape index (κ1) is 18.4. The van der Waals surface area contributed by atoms with E-state index in [2.05, 4.69) is 15.2 Å². The Balaban J connectivity index is 1.35. The highest BCUT2D eigenvalue weighted by Gasteiger charge is 2.15. The van der Waals surface area contributed by atoms with Crippen molar-refractivity contribution in [2.75, 3.05) is 6.79 Å². The van der Waals surface area contributed by atoms with E-state index in [0.717, 1.165) is 5.56 Å². The Bertz CT molecular complexity index is 1280. The maximum absolute atomic E-state index is 12.3. The minimum Gasteiger partial charge on any atom is -0.454 e. The summed E-state index contributed by atoms with van der Waals surface area (Å²) in [5.74, 6) is 2.15. The lowest BCUT2D eigenvalue weighted by atomic mass is 10.1. The van der Waals surface area contributed by atoms with Crippen molar-refractivity contribution in [3.8, 4) is 34.1 Å². The minimum atomic E-state index is -0.217. The van der Waals surface area contributed by atoms with Gasteiger partial charge in [0.2, 0.25) is 18.5 Å². The van der Waals surface area contributed by atoms with Crippen molar-refractivity contribution in [3.63, 3.8) is 0 Å². The molecule has 0 saturated heterocycles. The molecule has 0 saturated carbocycles. The van der Waals surface area contributed by atoms with Crippen LogP contribution in [0.4, 0.5) is 0 Å². The second-order valence-corrected chi connectivity index (χ2v) is 7.00. The normalized spacial score (nSPS) is 12.3. The van der Waals surface area contributed by atoms with Crippen molar-refractivity contribution >= 4 is 11.6 Å². The molecular weight excluding hydrogens is 408 g/mol. The predicted molar refractivity (Wildman–Crippen MR) is 109 cm³/mol. The summed E-state index contributed by atoms with van der Waals surface area (Å²) >= 11 is 6.18. The van der Waals surface area contributed by atoms with Gasteiger partial charge in [0, 0.05) is 23.6 Å². The maximum atomic E-state index is 12.3. The molecule has 2 aromatic carbocycles. The molecule has 4 aromatic rings. The molecule has 0 aliphatic carbocycles. The largest absolute Gasteiger partial charge is 0.454 e. The van der Waals surface area contributed by atoms with Gasteiger partial charge in [-0.15, -0.1) is 0 Å². The van der Waals surface area contributed by atoms with Crippen LogP contribution in [0.2, 0.25) is 5.02 Å². The van der Waals surface area contributed by atoms with Gasteiger partial charge in [0.05, 0.1) is 17.3 Å². The lowest BCUT2D eigenvalue weighted by molar-refractivity contribution is 0.174. The number of benzene rings is 2. The van der Waals surface area contributed by atoms with Gasteiger partial charge in [0.15, 0.2) is 11.5 Å². The van der Waals surface area contributed by atoms with Gasteiger partial charge in [-0.2, -0.15) is 10.1 Å². The zero-order valence-electron chi connectivity index (χ0n) is 15.6. The number of hydrogen-bond donors (Lipinski definition) is 0. The number of hydrogen-bond acceptors (Lipinski definition) is 7. The number of fused-ring (bicyclic) bond motifs is 1. The van der Waals surface area contributed by atoms with Crippen LogP contribution >= 0.6 is 11.6 Å². The van der Waals surface area contributed by atoms with Crippen molar-refractivity contribution in [2.45, 2.75) is 13.0 Å². The number of ether oxygens (including phenoxy) is 2. The average Bonchev–Trinajstić information content (AvgIpc) is 3.42. The molecular formula is C21H15ClN4O4. The van der Waals surface area contributed by atoms with E-state index >= 15 is 0 Å². The van der Waals surface area contributed by atoms with Crippen molar-refractivity contribution in [2.24, 2.45) is 0 Å². The van der Waals surface area contributed by atoms with Gasteiger partial charge < -0.3 is 14.0 Å². The molecule has 150 valence electrons. The third kappa shape index (κ3) is 3.53. The third-order valence-corrected chi connectivity index (χ3v) is 4.98. The Labute approximate surface area is 175 Å². The molecule has 1 aliphatic rings. The van der Waals surface area contributed by atoms with Gasteiger partial charge in [-0.3, -0.25) is 4.79 Å². The summed E-state index contributed by atoms with van der Waals surface area (Å²) in [5.41, 5.74) is 1.95. The lowest BCUT2D eigenvalue weighted by Crippen LogP contribution is -2.23. The maximum Gasteiger partial charge on any atom is 0.266 e. The number of nitrogens with zero attached hydrogens (tertiary/aromatic N) is 4. The second-order valence-electron chi connectivity index (χ2n) is 6.59. The topological polar surface area (TPSA) is 92.3 Å². The van der Waals surface area contributed by atoms with E-state index in [1.165, 1.54) is 10.7 Å². The first-order chi connectivity index (χ1) is 14.7. The van der Waals surface area contributed by atoms with E-state index in [-0.39, 0.29) is 12.4 Å². The van der Waals surface area contributed by atoms with Gasteiger partial charge in [0.25, 0.3) is 5.56 Å². The van der Waals surface area contributed by atoms with E-state index in [9.17, 15) is 4.79 Å². The molecule has 0 amide bonds. The van der Waals surface area contributed by atoms with E-state index in [1.807, 2.05) is 36.4 Å². The highest BCUT2D eigenvalue weighted by Crippen LogP contribution is 2.35. The molecule has 2 aromatic heterocycles. The predicted octanol–water partition coefficient (Wildman–Crippen LogP) is 3.59. The fourth-order valence-corrected chi connectivity index (χ4v) is 3.35. The summed E-state index contributed by atoms with van der Waals surface area (Å²) in [6.07, 6.45) is 0.356. The van der Waals surface area contributed by atoms with Gasteiger partial charge in [-0.25, -0.2) is 4.68 Å². The Morgan fingerprint density at radius 2 is 1.90 bits per heavy atom. The highest BCUT2D eigenvalue weighted by atomic mass is 35.5. The monoisotopic (exact) mass is 422 g/mol. The Hall–Kier alpha value is -3.65. The molecule has 0 unspecified atom stereocenters. The molecule has 0 bridgehead atoms. The van der Waals surface area contributed by atoms with Crippen molar-refractivity contribution < 1.29 is 14.0 Å². The zero-order chi connectivity index (χ0) is 20.5. The first-order valence-corrected chi connectivity index (χ1v) is 9.61. The Kier molecular flexibility index (Phi) is 4.68. The second kappa shape index (κ2) is 7.64. The lowest BCUT2D eigenvalue weighted by Gasteiger charge is -2.06. The van der Waals surface area contributed by atoms with Crippen molar-refractivity contribution in [1.82, 2.24) is 19.9 Å². The summed E-state index contributed by atoms with van der Waals surface area (Å²) < 4.78 is 17.4. The SMILES string of the molecule is O=c1ccc(-c2ccc3c(c2)OCO3)nn1CCc1nc(-c2ccccc2Cl)no1. The van der Waals surface area contributed by atoms with Crippen LogP contribution in [0.15, 0.2) is 63.9 Å². The first-order valence-electron chi connectivity index (χ1n) is 9.23. The number of aryl methyl sites for hydroxylation is 2. The van der Waals surface area contributed by atoms with E-state index < -0.39 is 0 Å². The van der Waals surface area contributed by atoms with Crippen molar-refractivity contribution in [1.29, 1.82) is 0 Å². The molecule has 5 rings (SSSR count). The number of rotatable bonds is 5. The van der Waals surface area contributed by atoms with Gasteiger partial charge in [-0.05, 0) is 36.4 Å². The van der Waals surface area contributed by atoms with Gasteiger partial charge >= 0.3 is 0 Å². The van der Waals surface area contributed by atoms with Crippen LogP contribution < -0.4 is 15.0 Å². The summed E-state index contributed by atoms with van der Waals surface area (Å²) in [6, 6.07) is 16.0. The molecule has 0 fully saturated rings. The average molecular weight is 423 g/mol. The summed E-state index contributed by atoms with van der Waals surface area (Å²) in [5, 5.41) is 8.98. The van der Waals surface area contributed by atoms with E-state index in [4.69, 9.17) is 25.6 Å². The standard InChI is InChI=1S/C21H15ClN4O4/c22-15-4-2-1-3-14(15)21-23-19(30-25-21)9-10-26-20(27)8-6-16(24-26)13-5-7-17-18(11-13)29-12-28-17/h1-8,11H,9-10,12H2. The van der Waals surface area contributed by atoms with Crippen LogP contribution in [0.3, 0.4) is 0 Å². The smallest absolute Gasteiger partial charge is 0.266 e. The molecule has 0 spiro atoms. The van der Waals surface area contributed by atoms with Crippen molar-refractivity contribution in [3.05, 3.63) is 75.9 Å². The van der Waals surface area contributed by atoms with Crippen LogP contribution in [-0.2, 0) is 13.0 Å². The quantitative estimate of drug-likeness (QED) is 0.485. The molecule has 9 heteroatoms. The molecule has 0 N–H and O–H groups in total. The van der Waals surface area contributed by atoms with Crippen LogP contribution in [0.25, 0.3) is 22.6 Å². The molecule has 0 radical (unpaired) electrons. The Morgan fingerprint density at radius 1 is 1.03 bits per heavy atom. The molecule has 0 atom stereocenters. The fraction of sp³-hybridized carbons (Fsp3) is 0.143. The molecule has 1 aliphatic heterocycles. The van der Waals surface area contributed by atoms with Gasteiger partial charge in [0.1, 0.15) is 0 Å². The van der Waals surface area contributed by atoms with Crippen LogP contribution in [0, 0.1) is 0 Å². The summed E-state index contributed by atoms with van der Waals surface area (Å²) in [7, 11) is 0. The highest BCUT2D eigenvalue weighted by molar-refractivity contribution is 6.33. The van der Waals surface area contributed by atoms with Crippen LogP contribution in [0.1, 0.15) is 5.89 Å². The van der Waals surface area contributed by atoms with E-state index in [0.29, 0.717) is 52.5 Å². The summed E-state index contributed by atoms with van der Waals surface area (Å²) in [4.78, 5) is 16.6. The third-order valence-electron chi connectivity index (χ3n) is 4.66. The van der Waals surface area contributed by atoms with E-state index in [1.54, 1.807) is 12.1 Å². The van der Waals surface area contributed by atoms with Crippen LogP contribution in [0.5, 0.6) is 11.5 Å². The zero-order valence-corrected chi connectivity index (χ0v) is 16.4. The summed E-state index contributed by atoms with van der Waals surface area (Å²) in [6.45, 7) is 0.494. The minimum absolute atomic E-state index is 0.200. The number of halogens is 1. The molecule has 3 heterocycles. The fourth-order valence-electron chi connectivity index (χ4n) is 3.13. The molecule has 8 nitrogen and oxygen atoms in total. The number of aromatic nitrogens is 4. The Morgan fingerprint density at radius 3 is 2.80 bits per heavy atom.